The van der Waals surface area contributed by atoms with Crippen molar-refractivity contribution in [3.63, 3.8) is 0 Å². The van der Waals surface area contributed by atoms with E-state index in [1.54, 1.807) is 0 Å². The maximum absolute atomic E-state index is 9.16. The van der Waals surface area contributed by atoms with Crippen LogP contribution in [0.5, 0.6) is 0 Å². The van der Waals surface area contributed by atoms with E-state index in [0.29, 0.717) is 6.04 Å². The molecule has 19 heavy (non-hydrogen) atoms. The summed E-state index contributed by atoms with van der Waals surface area (Å²) in [4.78, 5) is 2.44. The molecule has 1 aliphatic heterocycles. The number of ether oxygens (including phenoxy) is 1. The summed E-state index contributed by atoms with van der Waals surface area (Å²) in [5.41, 5.74) is 1.42. The maximum atomic E-state index is 9.16. The molecule has 0 bridgehead atoms. The summed E-state index contributed by atoms with van der Waals surface area (Å²) in [6, 6.07) is 11.1. The SMILES string of the molecule is CC1COC(CO)CN1CCCCc1ccccc1. The molecule has 0 spiro atoms. The van der Waals surface area contributed by atoms with Crippen molar-refractivity contribution in [2.24, 2.45) is 0 Å². The van der Waals surface area contributed by atoms with Crippen LogP contribution in [0.4, 0.5) is 0 Å². The molecular formula is C16H25NO2. The minimum absolute atomic E-state index is 0.00493. The number of hydrogen-bond acceptors (Lipinski definition) is 3. The van der Waals surface area contributed by atoms with Crippen LogP contribution < -0.4 is 0 Å². The predicted octanol–water partition coefficient (Wildman–Crippen LogP) is 2.09. The van der Waals surface area contributed by atoms with E-state index in [0.717, 1.165) is 26.1 Å². The number of hydrogen-bond donors (Lipinski definition) is 1. The molecule has 0 radical (unpaired) electrons. The van der Waals surface area contributed by atoms with Gasteiger partial charge >= 0.3 is 0 Å². The quantitative estimate of drug-likeness (QED) is 0.798. The van der Waals surface area contributed by atoms with Crippen molar-refractivity contribution in [2.45, 2.75) is 38.3 Å². The highest BCUT2D eigenvalue weighted by atomic mass is 16.5. The second-order valence-corrected chi connectivity index (χ2v) is 5.42. The minimum atomic E-state index is 0.00493. The third-order valence-corrected chi connectivity index (χ3v) is 3.84. The van der Waals surface area contributed by atoms with Crippen LogP contribution in [0.3, 0.4) is 0 Å². The average molecular weight is 263 g/mol. The van der Waals surface area contributed by atoms with E-state index in [1.165, 1.54) is 18.4 Å². The Morgan fingerprint density at radius 2 is 2.05 bits per heavy atom. The van der Waals surface area contributed by atoms with Crippen molar-refractivity contribution in [1.29, 1.82) is 0 Å². The molecule has 1 aliphatic rings. The zero-order chi connectivity index (χ0) is 13.5. The van der Waals surface area contributed by atoms with Gasteiger partial charge in [-0.05, 0) is 38.3 Å². The Morgan fingerprint density at radius 1 is 1.26 bits per heavy atom. The molecule has 1 saturated heterocycles. The fourth-order valence-corrected chi connectivity index (χ4v) is 2.59. The Kier molecular flexibility index (Phi) is 5.83. The van der Waals surface area contributed by atoms with E-state index >= 15 is 0 Å². The lowest BCUT2D eigenvalue weighted by atomic mass is 10.1. The van der Waals surface area contributed by atoms with E-state index in [9.17, 15) is 0 Å². The van der Waals surface area contributed by atoms with Crippen LogP contribution in [0.15, 0.2) is 30.3 Å². The van der Waals surface area contributed by atoms with Gasteiger partial charge in [0.25, 0.3) is 0 Å². The molecule has 1 N–H and O–H groups in total. The van der Waals surface area contributed by atoms with Crippen LogP contribution in [0.2, 0.25) is 0 Å². The molecular weight excluding hydrogens is 238 g/mol. The van der Waals surface area contributed by atoms with Gasteiger partial charge in [0.05, 0.1) is 19.3 Å². The highest BCUT2D eigenvalue weighted by Crippen LogP contribution is 2.13. The Bertz CT molecular complexity index is 355. The number of aryl methyl sites for hydroxylation is 1. The molecule has 2 atom stereocenters. The highest BCUT2D eigenvalue weighted by molar-refractivity contribution is 5.14. The first-order valence-corrected chi connectivity index (χ1v) is 7.30. The van der Waals surface area contributed by atoms with Crippen molar-refractivity contribution in [3.8, 4) is 0 Å². The van der Waals surface area contributed by atoms with Crippen LogP contribution in [0, 0.1) is 0 Å². The topological polar surface area (TPSA) is 32.7 Å². The van der Waals surface area contributed by atoms with Gasteiger partial charge in [0.2, 0.25) is 0 Å². The molecule has 2 unspecified atom stereocenters. The van der Waals surface area contributed by atoms with Gasteiger partial charge in [-0.15, -0.1) is 0 Å². The number of unbranched alkanes of at least 4 members (excludes halogenated alkanes) is 1. The lowest BCUT2D eigenvalue weighted by Gasteiger charge is -2.37. The first-order chi connectivity index (χ1) is 9.29. The zero-order valence-corrected chi connectivity index (χ0v) is 11.8. The monoisotopic (exact) mass is 263 g/mol. The van der Waals surface area contributed by atoms with Gasteiger partial charge in [0, 0.05) is 12.6 Å². The molecule has 106 valence electrons. The fourth-order valence-electron chi connectivity index (χ4n) is 2.59. The molecule has 1 aromatic rings. The predicted molar refractivity (Wildman–Crippen MR) is 77.2 cm³/mol. The summed E-state index contributed by atoms with van der Waals surface area (Å²) in [5.74, 6) is 0. The van der Waals surface area contributed by atoms with Crippen molar-refractivity contribution < 1.29 is 9.84 Å². The molecule has 0 amide bonds. The number of morpholine rings is 1. The van der Waals surface area contributed by atoms with E-state index < -0.39 is 0 Å². The van der Waals surface area contributed by atoms with Crippen molar-refractivity contribution in [3.05, 3.63) is 35.9 Å². The van der Waals surface area contributed by atoms with Gasteiger partial charge in [0.1, 0.15) is 0 Å². The molecule has 0 aromatic heterocycles. The van der Waals surface area contributed by atoms with Gasteiger partial charge in [-0.1, -0.05) is 30.3 Å². The van der Waals surface area contributed by atoms with E-state index in [-0.39, 0.29) is 12.7 Å². The lowest BCUT2D eigenvalue weighted by Crippen LogP contribution is -2.49. The van der Waals surface area contributed by atoms with Gasteiger partial charge in [-0.3, -0.25) is 4.90 Å². The maximum Gasteiger partial charge on any atom is 0.0933 e. The summed E-state index contributed by atoms with van der Waals surface area (Å²) in [6.07, 6.45) is 3.59. The first-order valence-electron chi connectivity index (χ1n) is 7.30. The lowest BCUT2D eigenvalue weighted by molar-refractivity contribution is -0.0779. The Morgan fingerprint density at radius 3 is 2.79 bits per heavy atom. The van der Waals surface area contributed by atoms with Crippen LogP contribution >= 0.6 is 0 Å². The summed E-state index contributed by atoms with van der Waals surface area (Å²) in [6.45, 7) is 5.04. The fraction of sp³-hybridized carbons (Fsp3) is 0.625. The second-order valence-electron chi connectivity index (χ2n) is 5.42. The molecule has 3 heteroatoms. The standard InChI is InChI=1S/C16H25NO2/c1-14-13-19-16(12-18)11-17(14)10-6-5-9-15-7-3-2-4-8-15/h2-4,7-8,14,16,18H,5-6,9-13H2,1H3. The average Bonchev–Trinajstić information content (AvgIpc) is 2.46. The van der Waals surface area contributed by atoms with Gasteiger partial charge in [-0.25, -0.2) is 0 Å². The van der Waals surface area contributed by atoms with Crippen LogP contribution in [-0.4, -0.2) is 48.5 Å². The molecule has 3 nitrogen and oxygen atoms in total. The van der Waals surface area contributed by atoms with Crippen LogP contribution in [-0.2, 0) is 11.2 Å². The second kappa shape index (κ2) is 7.63. The Hall–Kier alpha value is -0.900. The summed E-state index contributed by atoms with van der Waals surface area (Å²) in [5, 5.41) is 9.16. The molecule has 0 saturated carbocycles. The third-order valence-electron chi connectivity index (χ3n) is 3.84. The normalized spacial score (nSPS) is 24.5. The Balaban J connectivity index is 1.67. The smallest absolute Gasteiger partial charge is 0.0933 e. The van der Waals surface area contributed by atoms with Crippen molar-refractivity contribution in [1.82, 2.24) is 4.90 Å². The minimum Gasteiger partial charge on any atom is -0.394 e. The van der Waals surface area contributed by atoms with Crippen LogP contribution in [0.25, 0.3) is 0 Å². The number of benzene rings is 1. The van der Waals surface area contributed by atoms with Crippen LogP contribution in [0.1, 0.15) is 25.3 Å². The number of aliphatic hydroxyl groups is 1. The van der Waals surface area contributed by atoms with Gasteiger partial charge < -0.3 is 9.84 Å². The number of aliphatic hydroxyl groups excluding tert-OH is 1. The summed E-state index contributed by atoms with van der Waals surface area (Å²) in [7, 11) is 0. The highest BCUT2D eigenvalue weighted by Gasteiger charge is 2.24. The van der Waals surface area contributed by atoms with Crippen molar-refractivity contribution >= 4 is 0 Å². The molecule has 1 fully saturated rings. The molecule has 0 aliphatic carbocycles. The van der Waals surface area contributed by atoms with Gasteiger partial charge in [-0.2, -0.15) is 0 Å². The zero-order valence-electron chi connectivity index (χ0n) is 11.8. The molecule has 1 aromatic carbocycles. The summed E-state index contributed by atoms with van der Waals surface area (Å²) < 4.78 is 5.55. The Labute approximate surface area is 116 Å². The molecule has 1 heterocycles. The first kappa shape index (κ1) is 14.5. The van der Waals surface area contributed by atoms with E-state index in [2.05, 4.69) is 42.2 Å². The van der Waals surface area contributed by atoms with E-state index in [4.69, 9.17) is 9.84 Å². The van der Waals surface area contributed by atoms with Gasteiger partial charge in [0.15, 0.2) is 0 Å². The van der Waals surface area contributed by atoms with Crippen molar-refractivity contribution in [2.75, 3.05) is 26.3 Å². The number of rotatable bonds is 6. The largest absolute Gasteiger partial charge is 0.394 e. The van der Waals surface area contributed by atoms with E-state index in [1.807, 2.05) is 0 Å². The third kappa shape index (κ3) is 4.60. The molecule has 2 rings (SSSR count). The summed E-state index contributed by atoms with van der Waals surface area (Å²) >= 11 is 0. The number of nitrogens with zero attached hydrogens (tertiary/aromatic N) is 1.